The van der Waals surface area contributed by atoms with Crippen LogP contribution in [0.15, 0.2) is 54.6 Å². The fourth-order valence-corrected chi connectivity index (χ4v) is 8.43. The number of nitrogens with one attached hydrogen (secondary N) is 2. The first-order chi connectivity index (χ1) is 36.2. The fraction of sp³-hybridized carbons (Fsp3) is 0.589. The molecule has 0 aliphatic carbocycles. The molecule has 424 valence electrons. The monoisotopic (exact) mass is 1080 g/mol. The van der Waals surface area contributed by atoms with Crippen molar-refractivity contribution >= 4 is 53.2 Å². The summed E-state index contributed by atoms with van der Waals surface area (Å²) < 4.78 is 34.5. The van der Waals surface area contributed by atoms with Gasteiger partial charge in [0, 0.05) is 40.3 Å². The number of esters is 2. The van der Waals surface area contributed by atoms with Crippen molar-refractivity contribution in [3.05, 3.63) is 65.7 Å². The van der Waals surface area contributed by atoms with E-state index in [2.05, 4.69) is 10.6 Å². The number of fused-ring (bicyclic) bond motifs is 3. The molecule has 0 spiro atoms. The van der Waals surface area contributed by atoms with E-state index in [0.717, 1.165) is 16.5 Å². The van der Waals surface area contributed by atoms with Crippen molar-refractivity contribution in [1.82, 2.24) is 30.2 Å². The van der Waals surface area contributed by atoms with Crippen LogP contribution in [-0.2, 0) is 63.8 Å². The number of carbonyl (C=O) groups excluding carboxylic acids is 9. The number of nitrogens with zero attached hydrogens (tertiary/aromatic N) is 4. The Balaban J connectivity index is 1.67. The van der Waals surface area contributed by atoms with Crippen LogP contribution >= 0.6 is 0 Å². The van der Waals surface area contributed by atoms with Gasteiger partial charge in [0.05, 0.1) is 44.9 Å². The summed E-state index contributed by atoms with van der Waals surface area (Å²) in [6.07, 6.45) is 4.09. The number of piperidine rings is 1. The van der Waals surface area contributed by atoms with Gasteiger partial charge in [-0.2, -0.15) is 0 Å². The van der Waals surface area contributed by atoms with Crippen LogP contribution in [0.3, 0.4) is 0 Å². The summed E-state index contributed by atoms with van der Waals surface area (Å²) >= 11 is 0. The largest absolute Gasteiger partial charge is 0.493 e. The number of amides is 6. The summed E-state index contributed by atoms with van der Waals surface area (Å²) in [7, 11) is 7.38. The number of carbonyl (C=O) groups is 9. The Morgan fingerprint density at radius 3 is 2.23 bits per heavy atom. The Morgan fingerprint density at radius 1 is 0.844 bits per heavy atom. The molecule has 1 fully saturated rings. The molecular formula is C56H80N6O15. The second kappa shape index (κ2) is 28.9. The van der Waals surface area contributed by atoms with Gasteiger partial charge in [0.15, 0.2) is 18.1 Å². The van der Waals surface area contributed by atoms with Crippen LogP contribution in [0.25, 0.3) is 0 Å². The number of cyclic esters (lactones) is 2. The summed E-state index contributed by atoms with van der Waals surface area (Å²) in [5.74, 6) is -5.09. The molecule has 77 heavy (non-hydrogen) atoms. The molecule has 0 unspecified atom stereocenters. The molecular weight excluding hydrogens is 997 g/mol. The van der Waals surface area contributed by atoms with Gasteiger partial charge in [-0.25, -0.2) is 9.59 Å². The van der Waals surface area contributed by atoms with E-state index in [1.165, 1.54) is 70.0 Å². The normalized spacial score (nSPS) is 22.5. The summed E-state index contributed by atoms with van der Waals surface area (Å²) in [6.45, 7) is 10.2. The Labute approximate surface area is 452 Å². The van der Waals surface area contributed by atoms with Crippen LogP contribution in [0, 0.1) is 11.3 Å². The number of methoxy groups -OCH3 is 2. The minimum absolute atomic E-state index is 0.0863. The van der Waals surface area contributed by atoms with E-state index in [1.807, 2.05) is 26.0 Å². The highest BCUT2D eigenvalue weighted by atomic mass is 16.5. The SMILES string of the molecule is COc1ccc(CC[C@H]2OC(=O)[C@@H]3CCCCN3C(=O)C(=O)C(C)(C)COC(=O)/C=C\CCN(C)C(=O)CNC(=O)[C@H](COC(C)(C)C)N(C)C(=O)[C@@H](CC(C)C)NC(=O)CN(C)C(=O)COc3cccc2c3)cc1OC. The number of aryl methyl sites for hydroxylation is 1. The number of hydrogen-bond donors (Lipinski definition) is 2. The third kappa shape index (κ3) is 19.2. The molecule has 2 aromatic carbocycles. The molecule has 2 bridgehead atoms. The lowest BCUT2D eigenvalue weighted by Gasteiger charge is -2.36. The zero-order chi connectivity index (χ0) is 57.2. The third-order valence-corrected chi connectivity index (χ3v) is 13.1. The molecule has 0 radical (unpaired) electrons. The molecule has 1 saturated heterocycles. The second-order valence-corrected chi connectivity index (χ2v) is 21.5. The molecule has 6 amide bonds. The highest BCUT2D eigenvalue weighted by Crippen LogP contribution is 2.33. The van der Waals surface area contributed by atoms with E-state index >= 15 is 0 Å². The maximum absolute atomic E-state index is 14.3. The number of ether oxygens (including phenoxy) is 6. The highest BCUT2D eigenvalue weighted by Gasteiger charge is 2.43. The van der Waals surface area contributed by atoms with E-state index in [9.17, 15) is 43.2 Å². The van der Waals surface area contributed by atoms with Crippen molar-refractivity contribution in [2.45, 2.75) is 123 Å². The summed E-state index contributed by atoms with van der Waals surface area (Å²) in [5.41, 5.74) is -0.853. The summed E-state index contributed by atoms with van der Waals surface area (Å²) in [5, 5.41) is 5.35. The number of ketones is 1. The van der Waals surface area contributed by atoms with Crippen LogP contribution in [0.5, 0.6) is 17.2 Å². The first-order valence-corrected chi connectivity index (χ1v) is 26.0. The first-order valence-electron chi connectivity index (χ1n) is 26.0. The lowest BCUT2D eigenvalue weighted by Crippen LogP contribution is -2.57. The Kier molecular flexibility index (Phi) is 23.5. The van der Waals surface area contributed by atoms with Crippen molar-refractivity contribution in [3.63, 3.8) is 0 Å². The average molecular weight is 1080 g/mol. The van der Waals surface area contributed by atoms with Gasteiger partial charge in [0.2, 0.25) is 29.4 Å². The van der Waals surface area contributed by atoms with Gasteiger partial charge in [-0.15, -0.1) is 0 Å². The molecule has 21 nitrogen and oxygen atoms in total. The molecule has 0 aromatic heterocycles. The molecule has 4 atom stereocenters. The number of rotatable bonds is 9. The van der Waals surface area contributed by atoms with E-state index in [0.29, 0.717) is 36.3 Å². The molecule has 2 aliphatic heterocycles. The zero-order valence-corrected chi connectivity index (χ0v) is 46.9. The number of benzene rings is 2. The van der Waals surface area contributed by atoms with E-state index < -0.39 is 115 Å². The van der Waals surface area contributed by atoms with Gasteiger partial charge in [0.25, 0.3) is 11.8 Å². The first kappa shape index (κ1) is 62.5. The molecule has 0 saturated carbocycles. The van der Waals surface area contributed by atoms with Crippen molar-refractivity contribution in [2.24, 2.45) is 11.3 Å². The lowest BCUT2D eigenvalue weighted by atomic mass is 9.87. The fourth-order valence-electron chi connectivity index (χ4n) is 8.43. The maximum Gasteiger partial charge on any atom is 0.330 e. The topological polar surface area (TPSA) is 246 Å². The van der Waals surface area contributed by atoms with Crippen LogP contribution < -0.4 is 24.8 Å². The lowest BCUT2D eigenvalue weighted by molar-refractivity contribution is -0.165. The summed E-state index contributed by atoms with van der Waals surface area (Å²) in [4.78, 5) is 128. The van der Waals surface area contributed by atoms with Crippen LogP contribution in [0.2, 0.25) is 0 Å². The third-order valence-electron chi connectivity index (χ3n) is 13.1. The van der Waals surface area contributed by atoms with Gasteiger partial charge in [-0.05, 0) is 121 Å². The molecule has 2 heterocycles. The van der Waals surface area contributed by atoms with Gasteiger partial charge < -0.3 is 58.7 Å². The van der Waals surface area contributed by atoms with Crippen LogP contribution in [0.1, 0.15) is 104 Å². The average Bonchev–Trinajstić information content (AvgIpc) is 3.39. The van der Waals surface area contributed by atoms with Gasteiger partial charge in [0.1, 0.15) is 36.6 Å². The summed E-state index contributed by atoms with van der Waals surface area (Å²) in [6, 6.07) is 8.64. The van der Waals surface area contributed by atoms with E-state index in [1.54, 1.807) is 51.1 Å². The Morgan fingerprint density at radius 2 is 1.56 bits per heavy atom. The molecule has 2 aliphatic rings. The predicted octanol–water partition coefficient (Wildman–Crippen LogP) is 3.99. The molecule has 4 rings (SSSR count). The molecule has 2 N–H and O–H groups in total. The van der Waals surface area contributed by atoms with Gasteiger partial charge in [-0.1, -0.05) is 38.1 Å². The van der Waals surface area contributed by atoms with Crippen molar-refractivity contribution in [2.75, 3.05) is 81.4 Å². The van der Waals surface area contributed by atoms with Gasteiger partial charge in [-0.3, -0.25) is 33.6 Å². The minimum atomic E-state index is -1.48. The predicted molar refractivity (Wildman–Crippen MR) is 283 cm³/mol. The van der Waals surface area contributed by atoms with Crippen molar-refractivity contribution in [1.29, 1.82) is 0 Å². The zero-order valence-electron chi connectivity index (χ0n) is 46.9. The quantitative estimate of drug-likeness (QED) is 0.266. The van der Waals surface area contributed by atoms with Crippen molar-refractivity contribution in [3.8, 4) is 17.2 Å². The number of Topliss-reactive ketones (excluding diaryl/α,β-unsaturated/α-hetero) is 1. The number of hydrogen-bond acceptors (Lipinski definition) is 15. The minimum Gasteiger partial charge on any atom is -0.493 e. The van der Waals surface area contributed by atoms with Crippen LogP contribution in [0.4, 0.5) is 0 Å². The highest BCUT2D eigenvalue weighted by molar-refractivity contribution is 6.38. The van der Waals surface area contributed by atoms with Gasteiger partial charge >= 0.3 is 11.9 Å². The van der Waals surface area contributed by atoms with Crippen molar-refractivity contribution < 1.29 is 71.6 Å². The van der Waals surface area contributed by atoms with E-state index in [4.69, 9.17) is 28.4 Å². The maximum atomic E-state index is 14.3. The van der Waals surface area contributed by atoms with E-state index in [-0.39, 0.29) is 57.0 Å². The van der Waals surface area contributed by atoms with Crippen LogP contribution in [-0.4, -0.2) is 178 Å². The standard InChI is InChI=1S/C56H80N6O15/c1-36(2)28-40-52(69)61(10)42(33-76-55(3,4)5)51(68)57-31-47(64)59(8)26-15-14-21-49(66)75-35-56(6,7)50(67)53(70)62-27-16-13-20-41(62)54(71)77-43(24-22-37-23-25-44(72-11)45(29-37)73-12)38-18-17-19-39(30-38)74-34-48(65)60(9)32-46(63)58-40/h14,17-19,21,23,25,29-30,36,40-43H,13,15-16,20,22,24,26-28,31-35H2,1-12H3,(H,57,68)(H,58,63)/b21-14-/t40-,41+,42+,43-/m1/s1. The Hall–Kier alpha value is -7.03. The second-order valence-electron chi connectivity index (χ2n) is 21.5. The molecule has 21 heteroatoms. The number of likely N-dealkylation sites (N-methyl/N-ethyl adjacent to an activating group) is 3. The Bertz CT molecular complexity index is 2450. The smallest absolute Gasteiger partial charge is 0.330 e. The molecule has 2 aromatic rings.